The molecule has 0 N–H and O–H groups in total. The molecule has 0 amide bonds. The topological polar surface area (TPSA) is 60.9 Å². The summed E-state index contributed by atoms with van der Waals surface area (Å²) < 4.78 is 4.87. The molecule has 1 saturated carbocycles. The fourth-order valence-corrected chi connectivity index (χ4v) is 2.98. The summed E-state index contributed by atoms with van der Waals surface area (Å²) in [5.41, 5.74) is 2.73. The minimum atomic E-state index is 0.664. The first-order chi connectivity index (χ1) is 11.1. The Morgan fingerprint density at radius 2 is 2.09 bits per heavy atom. The smallest absolute Gasteiger partial charge is 0.175 e. The molecule has 4 rings (SSSR count). The third-order valence-electron chi connectivity index (χ3n) is 4.17. The lowest BCUT2D eigenvalue weighted by Gasteiger charge is -2.02. The van der Waals surface area contributed by atoms with Gasteiger partial charge in [0.15, 0.2) is 11.5 Å². The Morgan fingerprint density at radius 3 is 2.87 bits per heavy atom. The number of imidazole rings is 1. The summed E-state index contributed by atoms with van der Waals surface area (Å²) in [5, 5.41) is 4.53. The van der Waals surface area contributed by atoms with Gasteiger partial charge in [0.05, 0.1) is 17.6 Å². The Hall–Kier alpha value is -2.02. The van der Waals surface area contributed by atoms with Crippen LogP contribution in [0.4, 0.5) is 0 Å². The zero-order valence-corrected chi connectivity index (χ0v) is 14.7. The highest BCUT2D eigenvalue weighted by Gasteiger charge is 2.22. The molecule has 3 aromatic rings. The lowest BCUT2D eigenvalue weighted by Crippen LogP contribution is -2.00. The molecule has 0 spiro atoms. The van der Waals surface area contributed by atoms with Crippen molar-refractivity contribution in [2.75, 3.05) is 0 Å². The Labute approximate surface area is 142 Å². The summed E-state index contributed by atoms with van der Waals surface area (Å²) in [4.78, 5) is 13.3. The van der Waals surface area contributed by atoms with E-state index in [1.807, 2.05) is 36.7 Å². The molecular formula is C16H17BrN6. The molecule has 0 radical (unpaired) electrons. The molecule has 23 heavy (non-hydrogen) atoms. The van der Waals surface area contributed by atoms with Gasteiger partial charge in [0.2, 0.25) is 0 Å². The van der Waals surface area contributed by atoms with E-state index in [9.17, 15) is 0 Å². The second-order valence-electron chi connectivity index (χ2n) is 6.02. The van der Waals surface area contributed by atoms with Gasteiger partial charge >= 0.3 is 0 Å². The van der Waals surface area contributed by atoms with Gasteiger partial charge in [-0.05, 0) is 60.7 Å². The van der Waals surface area contributed by atoms with Crippen LogP contribution in [-0.2, 0) is 6.54 Å². The van der Waals surface area contributed by atoms with Crippen molar-refractivity contribution < 1.29 is 0 Å². The van der Waals surface area contributed by atoms with Crippen molar-refractivity contribution in [2.24, 2.45) is 5.92 Å². The molecule has 0 bridgehead atoms. The summed E-state index contributed by atoms with van der Waals surface area (Å²) in [6.07, 6.45) is 10.3. The standard InChI is InChI=1S/C16H17BrN6/c1-10-11(2)23-16(7-18-10)20-14(21-23)5-6-15-19-13(17)9-22(15)8-12-3-4-12/h5-7,9,12H,3-4,8H2,1-2H3/b6-5+. The van der Waals surface area contributed by atoms with Crippen LogP contribution in [0.2, 0.25) is 0 Å². The Balaban J connectivity index is 1.64. The minimum absolute atomic E-state index is 0.664. The minimum Gasteiger partial charge on any atom is -0.330 e. The van der Waals surface area contributed by atoms with E-state index < -0.39 is 0 Å². The number of nitrogens with zero attached hydrogens (tertiary/aromatic N) is 6. The highest BCUT2D eigenvalue weighted by molar-refractivity contribution is 9.10. The third-order valence-corrected chi connectivity index (χ3v) is 4.56. The summed E-state index contributed by atoms with van der Waals surface area (Å²) in [6, 6.07) is 0. The summed E-state index contributed by atoms with van der Waals surface area (Å²) >= 11 is 3.46. The number of rotatable bonds is 4. The average Bonchev–Trinajstić information content (AvgIpc) is 3.12. The van der Waals surface area contributed by atoms with E-state index in [0.717, 1.165) is 39.9 Å². The molecule has 0 unspecified atom stereocenters. The second-order valence-corrected chi connectivity index (χ2v) is 6.83. The predicted molar refractivity (Wildman–Crippen MR) is 91.8 cm³/mol. The number of fused-ring (bicyclic) bond motifs is 1. The van der Waals surface area contributed by atoms with Gasteiger partial charge in [-0.15, -0.1) is 5.10 Å². The second kappa shape index (κ2) is 5.56. The highest BCUT2D eigenvalue weighted by atomic mass is 79.9. The van der Waals surface area contributed by atoms with Gasteiger partial charge < -0.3 is 4.57 Å². The van der Waals surface area contributed by atoms with Crippen molar-refractivity contribution in [3.63, 3.8) is 0 Å². The van der Waals surface area contributed by atoms with Crippen LogP contribution in [0.5, 0.6) is 0 Å². The molecule has 0 saturated heterocycles. The van der Waals surface area contributed by atoms with Crippen molar-refractivity contribution in [1.29, 1.82) is 0 Å². The monoisotopic (exact) mass is 372 g/mol. The van der Waals surface area contributed by atoms with Crippen molar-refractivity contribution in [3.05, 3.63) is 40.0 Å². The first-order valence-electron chi connectivity index (χ1n) is 7.70. The fourth-order valence-electron chi connectivity index (χ4n) is 2.55. The van der Waals surface area contributed by atoms with Gasteiger partial charge in [0, 0.05) is 12.7 Å². The van der Waals surface area contributed by atoms with Crippen molar-refractivity contribution in [1.82, 2.24) is 29.1 Å². The first kappa shape index (κ1) is 14.6. The van der Waals surface area contributed by atoms with E-state index in [1.165, 1.54) is 12.8 Å². The molecular weight excluding hydrogens is 356 g/mol. The molecule has 0 atom stereocenters. The number of hydrogen-bond acceptors (Lipinski definition) is 4. The van der Waals surface area contributed by atoms with Crippen LogP contribution < -0.4 is 0 Å². The Morgan fingerprint density at radius 1 is 1.26 bits per heavy atom. The van der Waals surface area contributed by atoms with Gasteiger partial charge in [0.1, 0.15) is 10.4 Å². The molecule has 1 aliphatic rings. The van der Waals surface area contributed by atoms with Crippen LogP contribution in [0.1, 0.15) is 35.9 Å². The quantitative estimate of drug-likeness (QED) is 0.704. The van der Waals surface area contributed by atoms with Gasteiger partial charge in [-0.2, -0.15) is 0 Å². The lowest BCUT2D eigenvalue weighted by molar-refractivity contribution is 0.622. The first-order valence-corrected chi connectivity index (χ1v) is 8.49. The largest absolute Gasteiger partial charge is 0.330 e. The normalized spacial score (nSPS) is 15.1. The van der Waals surface area contributed by atoms with Crippen LogP contribution in [0, 0.1) is 19.8 Å². The van der Waals surface area contributed by atoms with E-state index in [4.69, 9.17) is 0 Å². The Kier molecular flexibility index (Phi) is 3.52. The van der Waals surface area contributed by atoms with E-state index in [2.05, 4.69) is 40.5 Å². The number of aryl methyl sites for hydroxylation is 2. The summed E-state index contributed by atoms with van der Waals surface area (Å²) in [5.74, 6) is 2.39. The van der Waals surface area contributed by atoms with Crippen LogP contribution in [0.3, 0.4) is 0 Å². The van der Waals surface area contributed by atoms with Gasteiger partial charge in [-0.1, -0.05) is 0 Å². The molecule has 0 aromatic carbocycles. The zero-order chi connectivity index (χ0) is 16.0. The summed E-state index contributed by atoms with van der Waals surface area (Å²) in [7, 11) is 0. The zero-order valence-electron chi connectivity index (χ0n) is 13.1. The molecule has 3 aromatic heterocycles. The third kappa shape index (κ3) is 2.93. The van der Waals surface area contributed by atoms with E-state index in [1.54, 1.807) is 6.20 Å². The van der Waals surface area contributed by atoms with Crippen LogP contribution in [0.25, 0.3) is 17.8 Å². The molecule has 118 valence electrons. The van der Waals surface area contributed by atoms with E-state index in [-0.39, 0.29) is 0 Å². The van der Waals surface area contributed by atoms with E-state index in [0.29, 0.717) is 5.82 Å². The highest BCUT2D eigenvalue weighted by Crippen LogP contribution is 2.31. The molecule has 0 aliphatic heterocycles. The summed E-state index contributed by atoms with van der Waals surface area (Å²) in [6.45, 7) is 4.99. The molecule has 7 heteroatoms. The van der Waals surface area contributed by atoms with Gasteiger partial charge in [-0.25, -0.2) is 14.5 Å². The lowest BCUT2D eigenvalue weighted by atomic mass is 10.3. The number of halogens is 1. The molecule has 3 heterocycles. The SMILES string of the molecule is Cc1ncc2nc(/C=C/c3nc(Br)cn3CC3CC3)nn2c1C. The van der Waals surface area contributed by atoms with Crippen LogP contribution in [0.15, 0.2) is 17.0 Å². The molecule has 1 fully saturated rings. The van der Waals surface area contributed by atoms with Crippen LogP contribution >= 0.6 is 15.9 Å². The average molecular weight is 373 g/mol. The van der Waals surface area contributed by atoms with Crippen molar-refractivity contribution in [2.45, 2.75) is 33.2 Å². The maximum Gasteiger partial charge on any atom is 0.175 e. The Bertz CT molecular complexity index is 903. The van der Waals surface area contributed by atoms with Gasteiger partial charge in [-0.3, -0.25) is 4.98 Å². The van der Waals surface area contributed by atoms with Crippen LogP contribution in [-0.4, -0.2) is 29.1 Å². The van der Waals surface area contributed by atoms with E-state index >= 15 is 0 Å². The fraction of sp³-hybridized carbons (Fsp3) is 0.375. The maximum atomic E-state index is 4.53. The number of aromatic nitrogens is 6. The van der Waals surface area contributed by atoms with Crippen molar-refractivity contribution in [3.8, 4) is 0 Å². The number of hydrogen-bond donors (Lipinski definition) is 0. The molecule has 1 aliphatic carbocycles. The van der Waals surface area contributed by atoms with Gasteiger partial charge in [0.25, 0.3) is 0 Å². The van der Waals surface area contributed by atoms with Crippen molar-refractivity contribution >= 4 is 33.7 Å². The predicted octanol–water partition coefficient (Wildman–Crippen LogP) is 3.28. The maximum absolute atomic E-state index is 4.53. The molecule has 6 nitrogen and oxygen atoms in total.